The van der Waals surface area contributed by atoms with Crippen LogP contribution in [-0.2, 0) is 4.84 Å². The smallest absolute Gasteiger partial charge is 0.203 e. The Morgan fingerprint density at radius 2 is 2.28 bits per heavy atom. The molecule has 92 valence electrons. The monoisotopic (exact) mass is 262 g/mol. The van der Waals surface area contributed by atoms with E-state index in [1.54, 1.807) is 17.4 Å². The number of hydrogen-bond acceptors (Lipinski definition) is 4. The average molecular weight is 262 g/mol. The molecule has 1 unspecified atom stereocenters. The fraction of sp³-hybridized carbons (Fsp3) is 0.154. The summed E-state index contributed by atoms with van der Waals surface area (Å²) in [7, 11) is 0. The molecule has 3 nitrogen and oxygen atoms in total. The summed E-state index contributed by atoms with van der Waals surface area (Å²) in [6.45, 7) is 1.85. The van der Waals surface area contributed by atoms with E-state index in [-0.39, 0.29) is 5.82 Å². The normalized spacial score (nSPS) is 18.6. The van der Waals surface area contributed by atoms with Gasteiger partial charge in [-0.2, -0.15) is 11.3 Å². The lowest BCUT2D eigenvalue weighted by molar-refractivity contribution is 0.0379. The molecule has 0 fully saturated rings. The van der Waals surface area contributed by atoms with E-state index in [1.807, 2.05) is 29.8 Å². The number of aliphatic imine (C=N–C) groups is 1. The number of aryl methyl sites for hydroxylation is 1. The van der Waals surface area contributed by atoms with Crippen molar-refractivity contribution < 1.29 is 9.23 Å². The highest BCUT2D eigenvalue weighted by atomic mass is 32.1. The van der Waals surface area contributed by atoms with Crippen LogP contribution < -0.4 is 5.48 Å². The summed E-state index contributed by atoms with van der Waals surface area (Å²) in [5, 5.41) is 3.92. The van der Waals surface area contributed by atoms with E-state index in [1.165, 1.54) is 6.07 Å². The molecule has 1 aliphatic rings. The number of nitrogens with zero attached hydrogens (tertiary/aromatic N) is 1. The summed E-state index contributed by atoms with van der Waals surface area (Å²) in [5.41, 5.74) is 4.96. The van der Waals surface area contributed by atoms with Gasteiger partial charge in [0.25, 0.3) is 0 Å². The third-order valence-corrected chi connectivity index (χ3v) is 3.42. The zero-order valence-corrected chi connectivity index (χ0v) is 10.5. The number of hydrogen-bond donors (Lipinski definition) is 1. The van der Waals surface area contributed by atoms with E-state index < -0.39 is 6.23 Å². The Hall–Kier alpha value is -1.72. The van der Waals surface area contributed by atoms with Gasteiger partial charge >= 0.3 is 0 Å². The number of benzene rings is 1. The zero-order valence-electron chi connectivity index (χ0n) is 9.68. The van der Waals surface area contributed by atoms with Crippen LogP contribution in [0.4, 0.5) is 4.39 Å². The first-order valence-corrected chi connectivity index (χ1v) is 6.46. The van der Waals surface area contributed by atoms with E-state index in [4.69, 9.17) is 4.84 Å². The standard InChI is InChI=1S/C13H11FN2OS/c1-8-2-3-10(11(14)6-8)12-15-13(17-16-12)9-4-5-18-7-9/h2-7,13H,1H3,(H,15,16). The Morgan fingerprint density at radius 1 is 1.39 bits per heavy atom. The number of thiophene rings is 1. The van der Waals surface area contributed by atoms with Gasteiger partial charge in [0.15, 0.2) is 5.84 Å². The van der Waals surface area contributed by atoms with Gasteiger partial charge in [0.05, 0.1) is 5.56 Å². The molecule has 18 heavy (non-hydrogen) atoms. The van der Waals surface area contributed by atoms with Crippen molar-refractivity contribution in [2.75, 3.05) is 0 Å². The van der Waals surface area contributed by atoms with Crippen LogP contribution in [0.3, 0.4) is 0 Å². The van der Waals surface area contributed by atoms with E-state index in [2.05, 4.69) is 10.5 Å². The van der Waals surface area contributed by atoms with Crippen LogP contribution in [0.1, 0.15) is 22.9 Å². The SMILES string of the molecule is Cc1ccc(C2=NC(c3ccsc3)ON2)c(F)c1. The van der Waals surface area contributed by atoms with Gasteiger partial charge in [0.2, 0.25) is 6.23 Å². The van der Waals surface area contributed by atoms with Gasteiger partial charge in [-0.1, -0.05) is 6.07 Å². The third-order valence-electron chi connectivity index (χ3n) is 2.72. The predicted molar refractivity (Wildman–Crippen MR) is 69.0 cm³/mol. The second kappa shape index (κ2) is 4.51. The molecule has 0 saturated carbocycles. The van der Waals surface area contributed by atoms with Gasteiger partial charge in [-0.25, -0.2) is 19.7 Å². The van der Waals surface area contributed by atoms with Crippen molar-refractivity contribution in [2.45, 2.75) is 13.2 Å². The molecular formula is C13H11FN2OS. The highest BCUT2D eigenvalue weighted by Gasteiger charge is 2.22. The minimum absolute atomic E-state index is 0.296. The summed E-state index contributed by atoms with van der Waals surface area (Å²) in [5.74, 6) is 0.138. The van der Waals surface area contributed by atoms with Crippen molar-refractivity contribution >= 4 is 17.2 Å². The molecule has 0 radical (unpaired) electrons. The van der Waals surface area contributed by atoms with Crippen LogP contribution in [0.5, 0.6) is 0 Å². The molecule has 0 saturated heterocycles. The summed E-state index contributed by atoms with van der Waals surface area (Å²) >= 11 is 1.58. The van der Waals surface area contributed by atoms with Crippen molar-refractivity contribution in [3.05, 3.63) is 57.5 Å². The predicted octanol–water partition coefficient (Wildman–Crippen LogP) is 3.18. The summed E-state index contributed by atoms with van der Waals surface area (Å²) in [4.78, 5) is 9.68. The number of rotatable bonds is 2. The van der Waals surface area contributed by atoms with Crippen LogP contribution in [0, 0.1) is 12.7 Å². The first-order valence-electron chi connectivity index (χ1n) is 5.52. The minimum Gasteiger partial charge on any atom is -0.246 e. The number of amidine groups is 1. The third kappa shape index (κ3) is 2.02. The van der Waals surface area contributed by atoms with Gasteiger partial charge in [0.1, 0.15) is 5.82 Å². The average Bonchev–Trinajstić information content (AvgIpc) is 2.99. The topological polar surface area (TPSA) is 33.6 Å². The highest BCUT2D eigenvalue weighted by molar-refractivity contribution is 7.07. The molecular weight excluding hydrogens is 251 g/mol. The fourth-order valence-electron chi connectivity index (χ4n) is 1.78. The molecule has 0 amide bonds. The molecule has 1 N–H and O–H groups in total. The van der Waals surface area contributed by atoms with Gasteiger partial charge in [-0.3, -0.25) is 0 Å². The van der Waals surface area contributed by atoms with Crippen LogP contribution in [0.25, 0.3) is 0 Å². The summed E-state index contributed by atoms with van der Waals surface area (Å²) in [6, 6.07) is 6.97. The largest absolute Gasteiger partial charge is 0.246 e. The zero-order chi connectivity index (χ0) is 12.5. The van der Waals surface area contributed by atoms with Crippen molar-refractivity contribution in [1.82, 2.24) is 5.48 Å². The maximum atomic E-state index is 13.8. The lowest BCUT2D eigenvalue weighted by atomic mass is 10.1. The molecule has 5 heteroatoms. The minimum atomic E-state index is -0.396. The second-order valence-electron chi connectivity index (χ2n) is 4.09. The Balaban J connectivity index is 1.92. The lowest BCUT2D eigenvalue weighted by Crippen LogP contribution is -2.19. The molecule has 2 aromatic rings. The molecule has 0 bridgehead atoms. The Kier molecular flexibility index (Phi) is 2.85. The summed E-state index contributed by atoms with van der Waals surface area (Å²) in [6.07, 6.45) is -0.396. The molecule has 2 heterocycles. The number of hydroxylamine groups is 1. The van der Waals surface area contributed by atoms with Crippen molar-refractivity contribution in [1.29, 1.82) is 0 Å². The maximum Gasteiger partial charge on any atom is 0.203 e. The lowest BCUT2D eigenvalue weighted by Gasteiger charge is -2.03. The molecule has 1 aromatic carbocycles. The number of halogens is 1. The van der Waals surface area contributed by atoms with Crippen LogP contribution in [0.15, 0.2) is 40.0 Å². The van der Waals surface area contributed by atoms with Gasteiger partial charge in [0, 0.05) is 5.56 Å². The van der Waals surface area contributed by atoms with Crippen molar-refractivity contribution in [3.63, 3.8) is 0 Å². The van der Waals surface area contributed by atoms with Gasteiger partial charge < -0.3 is 0 Å². The van der Waals surface area contributed by atoms with Crippen LogP contribution in [0.2, 0.25) is 0 Å². The van der Waals surface area contributed by atoms with E-state index in [0.717, 1.165) is 11.1 Å². The summed E-state index contributed by atoms with van der Waals surface area (Å²) < 4.78 is 13.8. The van der Waals surface area contributed by atoms with Crippen LogP contribution in [-0.4, -0.2) is 5.84 Å². The van der Waals surface area contributed by atoms with Gasteiger partial charge in [-0.15, -0.1) is 0 Å². The quantitative estimate of drug-likeness (QED) is 0.901. The molecule has 0 spiro atoms. The fourth-order valence-corrected chi connectivity index (χ4v) is 2.44. The van der Waals surface area contributed by atoms with Gasteiger partial charge in [-0.05, 0) is 41.4 Å². The Morgan fingerprint density at radius 3 is 3.00 bits per heavy atom. The molecule has 1 aromatic heterocycles. The molecule has 3 rings (SSSR count). The maximum absolute atomic E-state index is 13.8. The molecule has 1 aliphatic heterocycles. The Labute approximate surface area is 108 Å². The molecule has 1 atom stereocenters. The van der Waals surface area contributed by atoms with Crippen molar-refractivity contribution in [3.8, 4) is 0 Å². The van der Waals surface area contributed by atoms with E-state index in [0.29, 0.717) is 11.4 Å². The number of nitrogens with one attached hydrogen (secondary N) is 1. The van der Waals surface area contributed by atoms with Crippen LogP contribution >= 0.6 is 11.3 Å². The second-order valence-corrected chi connectivity index (χ2v) is 4.87. The molecule has 0 aliphatic carbocycles. The van der Waals surface area contributed by atoms with Crippen molar-refractivity contribution in [2.24, 2.45) is 4.99 Å². The van der Waals surface area contributed by atoms with E-state index in [9.17, 15) is 4.39 Å². The Bertz CT molecular complexity index is 595. The van der Waals surface area contributed by atoms with E-state index >= 15 is 0 Å². The first kappa shape index (κ1) is 11.4. The highest BCUT2D eigenvalue weighted by Crippen LogP contribution is 2.25. The first-order chi connectivity index (χ1) is 8.74.